The summed E-state index contributed by atoms with van der Waals surface area (Å²) in [5, 5.41) is 0. The molecule has 0 aliphatic carbocycles. The number of allylic oxidation sites excluding steroid dienone is 1. The number of halogens is 6. The molecular formula is C15H14BrF5. The number of hydrogen-bond acceptors (Lipinski definition) is 0. The molecule has 6 heteroatoms. The first-order valence-electron chi connectivity index (χ1n) is 6.37. The fraction of sp³-hybridized carbons (Fsp3) is 0.400. The highest BCUT2D eigenvalue weighted by Crippen LogP contribution is 2.31. The lowest BCUT2D eigenvalue weighted by Crippen LogP contribution is -2.06. The van der Waals surface area contributed by atoms with E-state index in [9.17, 15) is 22.0 Å². The smallest absolute Gasteiger partial charge is 0.200 e. The van der Waals surface area contributed by atoms with E-state index >= 15 is 0 Å². The Morgan fingerprint density at radius 1 is 1.00 bits per heavy atom. The third-order valence-electron chi connectivity index (χ3n) is 2.95. The largest absolute Gasteiger partial charge is 0.203 e. The lowest BCUT2D eigenvalue weighted by atomic mass is 9.97. The van der Waals surface area contributed by atoms with E-state index in [1.165, 1.54) is 4.99 Å². The first kappa shape index (κ1) is 17.9. The van der Waals surface area contributed by atoms with Gasteiger partial charge in [0.1, 0.15) is 0 Å². The van der Waals surface area contributed by atoms with Crippen molar-refractivity contribution in [1.29, 1.82) is 0 Å². The Morgan fingerprint density at radius 3 is 1.90 bits per heavy atom. The van der Waals surface area contributed by atoms with Gasteiger partial charge >= 0.3 is 0 Å². The minimum absolute atomic E-state index is 0.0553. The van der Waals surface area contributed by atoms with Crippen LogP contribution >= 0.6 is 15.9 Å². The van der Waals surface area contributed by atoms with Crippen LogP contribution in [0.25, 0.3) is 5.57 Å². The SMILES string of the molecule is CC(C)CCCC(=C=CBr)c1c(F)c(F)c(F)c(F)c1F. The van der Waals surface area contributed by atoms with Crippen molar-refractivity contribution in [2.24, 2.45) is 5.92 Å². The molecule has 0 aliphatic rings. The highest BCUT2D eigenvalue weighted by atomic mass is 79.9. The van der Waals surface area contributed by atoms with Gasteiger partial charge in [0, 0.05) is 10.6 Å². The Kier molecular flexibility index (Phi) is 6.62. The molecule has 0 unspecified atom stereocenters. The van der Waals surface area contributed by atoms with Gasteiger partial charge in [0.2, 0.25) is 5.82 Å². The van der Waals surface area contributed by atoms with Crippen LogP contribution in [0.1, 0.15) is 38.7 Å². The van der Waals surface area contributed by atoms with Crippen molar-refractivity contribution in [3.8, 4) is 0 Å². The predicted octanol–water partition coefficient (Wildman–Crippen LogP) is 6.10. The lowest BCUT2D eigenvalue weighted by Gasteiger charge is -2.11. The Labute approximate surface area is 128 Å². The maximum atomic E-state index is 13.8. The molecule has 1 aromatic carbocycles. The van der Waals surface area contributed by atoms with Crippen LogP contribution in [-0.4, -0.2) is 0 Å². The Balaban J connectivity index is 3.31. The van der Waals surface area contributed by atoms with Crippen molar-refractivity contribution in [1.82, 2.24) is 0 Å². The molecule has 0 aromatic heterocycles. The van der Waals surface area contributed by atoms with Gasteiger partial charge in [0.15, 0.2) is 23.3 Å². The van der Waals surface area contributed by atoms with Crippen molar-refractivity contribution in [3.63, 3.8) is 0 Å². The zero-order valence-corrected chi connectivity index (χ0v) is 13.1. The van der Waals surface area contributed by atoms with E-state index in [0.29, 0.717) is 12.3 Å². The third-order valence-corrected chi connectivity index (χ3v) is 3.18. The lowest BCUT2D eigenvalue weighted by molar-refractivity contribution is 0.376. The molecule has 0 saturated carbocycles. The van der Waals surface area contributed by atoms with Crippen LogP contribution in [0.2, 0.25) is 0 Å². The number of benzene rings is 1. The molecule has 0 atom stereocenters. The predicted molar refractivity (Wildman–Crippen MR) is 75.3 cm³/mol. The summed E-state index contributed by atoms with van der Waals surface area (Å²) in [5.41, 5.74) is 1.53. The molecule has 0 aliphatic heterocycles. The zero-order valence-electron chi connectivity index (χ0n) is 11.5. The monoisotopic (exact) mass is 368 g/mol. The van der Waals surface area contributed by atoms with E-state index in [0.717, 1.165) is 6.42 Å². The first-order valence-corrected chi connectivity index (χ1v) is 7.28. The van der Waals surface area contributed by atoms with Crippen LogP contribution in [0.5, 0.6) is 0 Å². The second-order valence-electron chi connectivity index (χ2n) is 4.96. The summed E-state index contributed by atoms with van der Waals surface area (Å²) in [7, 11) is 0. The normalized spacial score (nSPS) is 10.7. The van der Waals surface area contributed by atoms with Crippen LogP contribution in [0.15, 0.2) is 10.7 Å². The van der Waals surface area contributed by atoms with Crippen molar-refractivity contribution in [2.45, 2.75) is 33.1 Å². The summed E-state index contributed by atoms with van der Waals surface area (Å²) in [4.78, 5) is 1.20. The molecule has 0 amide bonds. The molecule has 0 fully saturated rings. The van der Waals surface area contributed by atoms with E-state index in [1.807, 2.05) is 13.8 Å². The molecule has 116 valence electrons. The molecule has 0 spiro atoms. The van der Waals surface area contributed by atoms with Gasteiger partial charge in [0.05, 0.1) is 5.56 Å². The second-order valence-corrected chi connectivity index (χ2v) is 5.42. The summed E-state index contributed by atoms with van der Waals surface area (Å²) in [6.45, 7) is 3.95. The van der Waals surface area contributed by atoms with Crippen molar-refractivity contribution in [2.75, 3.05) is 0 Å². The number of rotatable bonds is 5. The van der Waals surface area contributed by atoms with Gasteiger partial charge in [-0.15, -0.1) is 5.73 Å². The van der Waals surface area contributed by atoms with E-state index in [4.69, 9.17) is 0 Å². The van der Waals surface area contributed by atoms with Crippen LogP contribution in [-0.2, 0) is 0 Å². The van der Waals surface area contributed by atoms with Crippen LogP contribution in [0.4, 0.5) is 22.0 Å². The average Bonchev–Trinajstić information content (AvgIpc) is 2.43. The standard InChI is InChI=1S/C15H14BrF5/c1-8(2)4-3-5-9(6-7-16)10-11(17)13(19)15(21)14(20)12(10)18/h7-8H,3-5H2,1-2H3. The maximum absolute atomic E-state index is 13.8. The Morgan fingerprint density at radius 2 is 1.48 bits per heavy atom. The van der Waals surface area contributed by atoms with E-state index in [-0.39, 0.29) is 12.0 Å². The van der Waals surface area contributed by atoms with Gasteiger partial charge in [-0.1, -0.05) is 36.2 Å². The zero-order chi connectivity index (χ0) is 16.2. The van der Waals surface area contributed by atoms with Crippen molar-refractivity contribution >= 4 is 21.5 Å². The quantitative estimate of drug-likeness (QED) is 0.255. The highest BCUT2D eigenvalue weighted by molar-refractivity contribution is 9.11. The summed E-state index contributed by atoms with van der Waals surface area (Å²) < 4.78 is 67.0. The average molecular weight is 369 g/mol. The molecule has 0 saturated heterocycles. The minimum atomic E-state index is -2.15. The van der Waals surface area contributed by atoms with Gasteiger partial charge in [-0.3, -0.25) is 0 Å². The van der Waals surface area contributed by atoms with E-state index in [2.05, 4.69) is 21.7 Å². The summed E-state index contributed by atoms with van der Waals surface area (Å²) in [6.07, 6.45) is 1.49. The fourth-order valence-electron chi connectivity index (χ4n) is 1.89. The molecule has 0 nitrogen and oxygen atoms in total. The second kappa shape index (κ2) is 7.76. The Hall–Kier alpha value is -1.13. The molecule has 0 radical (unpaired) electrons. The molecule has 21 heavy (non-hydrogen) atoms. The van der Waals surface area contributed by atoms with E-state index < -0.39 is 34.6 Å². The summed E-state index contributed by atoms with van der Waals surface area (Å²) >= 11 is 2.91. The van der Waals surface area contributed by atoms with E-state index in [1.54, 1.807) is 0 Å². The molecule has 1 aromatic rings. The third kappa shape index (κ3) is 4.17. The van der Waals surface area contributed by atoms with Gasteiger partial charge in [-0.25, -0.2) is 22.0 Å². The fourth-order valence-corrected chi connectivity index (χ4v) is 2.17. The van der Waals surface area contributed by atoms with Gasteiger partial charge < -0.3 is 0 Å². The molecule has 1 rings (SSSR count). The summed E-state index contributed by atoms with van der Waals surface area (Å²) in [5.74, 6) is -9.32. The topological polar surface area (TPSA) is 0 Å². The van der Waals surface area contributed by atoms with Crippen LogP contribution in [0, 0.1) is 35.0 Å². The van der Waals surface area contributed by atoms with Crippen LogP contribution < -0.4 is 0 Å². The Bertz CT molecular complexity index is 557. The maximum Gasteiger partial charge on any atom is 0.200 e. The van der Waals surface area contributed by atoms with Gasteiger partial charge in [0.25, 0.3) is 0 Å². The molecule has 0 bridgehead atoms. The summed E-state index contributed by atoms with van der Waals surface area (Å²) in [6, 6.07) is 0. The van der Waals surface area contributed by atoms with Gasteiger partial charge in [-0.05, 0) is 18.8 Å². The number of hydrogen-bond donors (Lipinski definition) is 0. The molecular weight excluding hydrogens is 355 g/mol. The molecule has 0 heterocycles. The van der Waals surface area contributed by atoms with Crippen molar-refractivity contribution in [3.05, 3.63) is 45.4 Å². The van der Waals surface area contributed by atoms with Crippen molar-refractivity contribution < 1.29 is 22.0 Å². The first-order chi connectivity index (χ1) is 9.81. The van der Waals surface area contributed by atoms with Crippen LogP contribution in [0.3, 0.4) is 0 Å². The molecule has 0 N–H and O–H groups in total. The highest BCUT2D eigenvalue weighted by Gasteiger charge is 2.27. The van der Waals surface area contributed by atoms with Gasteiger partial charge in [-0.2, -0.15) is 0 Å². The minimum Gasteiger partial charge on any atom is -0.203 e.